The molecule has 1 aromatic carbocycles. The predicted octanol–water partition coefficient (Wildman–Crippen LogP) is 2.51. The summed E-state index contributed by atoms with van der Waals surface area (Å²) in [6.07, 6.45) is 4.14. The van der Waals surface area contributed by atoms with Gasteiger partial charge in [-0.25, -0.2) is 0 Å². The number of azide groups is 1. The molecule has 0 spiro atoms. The number of hydrogen-bond donors (Lipinski definition) is 1. The summed E-state index contributed by atoms with van der Waals surface area (Å²) in [5.41, 5.74) is 9.47. The number of benzene rings is 1. The number of amides is 2. The number of ether oxygens (including phenoxy) is 1. The summed E-state index contributed by atoms with van der Waals surface area (Å²) in [4.78, 5) is 49.3. The van der Waals surface area contributed by atoms with Crippen molar-refractivity contribution in [2.45, 2.75) is 69.2 Å². The van der Waals surface area contributed by atoms with Crippen LogP contribution in [0.15, 0.2) is 29.4 Å². The summed E-state index contributed by atoms with van der Waals surface area (Å²) in [6, 6.07) is 6.20. The van der Waals surface area contributed by atoms with Crippen molar-refractivity contribution in [3.05, 3.63) is 40.3 Å². The van der Waals surface area contributed by atoms with E-state index < -0.39 is 23.7 Å². The van der Waals surface area contributed by atoms with Crippen LogP contribution in [0.5, 0.6) is 0 Å². The lowest BCUT2D eigenvalue weighted by Gasteiger charge is -2.40. The molecule has 1 aliphatic carbocycles. The Morgan fingerprint density at radius 2 is 1.84 bits per heavy atom. The SMILES string of the molecule is CCCN1CCN(c2ccc(C(=O)NC3(C(=O)N4C[C@@H](N=[N+]=[N-])[C@H]5OCC(=O)[C@H]54)CCCCC3)cc2)CC1. The standard InChI is InChI=1S/C27H37N7O4/c1-2-12-32-13-15-33(16-14-32)20-8-6-19(7-9-20)25(36)29-27(10-4-3-5-11-27)26(37)34-17-21(30-31-28)24-23(34)22(35)18-38-24/h6-9,21,23-24H,2-5,10-18H2,1H3,(H,29,36)/t21-,23-,24-/m1/s1. The Balaban J connectivity index is 1.30. The normalized spacial score (nSPS) is 27.1. The number of piperazine rings is 1. The number of fused-ring (bicyclic) bond motifs is 1. The molecule has 11 heteroatoms. The van der Waals surface area contributed by atoms with Crippen LogP contribution in [0.1, 0.15) is 55.8 Å². The van der Waals surface area contributed by atoms with Crippen LogP contribution in [0.25, 0.3) is 10.4 Å². The average Bonchev–Trinajstić information content (AvgIpc) is 3.50. The van der Waals surface area contributed by atoms with Gasteiger partial charge in [-0.05, 0) is 55.6 Å². The van der Waals surface area contributed by atoms with E-state index in [2.05, 4.69) is 32.1 Å². The van der Waals surface area contributed by atoms with Crippen LogP contribution in [0.3, 0.4) is 0 Å². The molecule has 204 valence electrons. The largest absolute Gasteiger partial charge is 0.369 e. The van der Waals surface area contributed by atoms with Crippen molar-refractivity contribution in [2.24, 2.45) is 5.11 Å². The van der Waals surface area contributed by atoms with Gasteiger partial charge < -0.3 is 19.9 Å². The lowest BCUT2D eigenvalue weighted by Crippen LogP contribution is -2.62. The molecule has 3 aliphatic heterocycles. The van der Waals surface area contributed by atoms with Gasteiger partial charge >= 0.3 is 0 Å². The Kier molecular flexibility index (Phi) is 7.88. The van der Waals surface area contributed by atoms with Crippen molar-refractivity contribution in [1.29, 1.82) is 0 Å². The van der Waals surface area contributed by atoms with Gasteiger partial charge in [0.25, 0.3) is 5.91 Å². The first-order chi connectivity index (χ1) is 18.5. The summed E-state index contributed by atoms with van der Waals surface area (Å²) >= 11 is 0. The number of Topliss-reactive ketones (excluding diaryl/α,β-unsaturated/α-hetero) is 1. The molecular formula is C27H37N7O4. The van der Waals surface area contributed by atoms with E-state index in [4.69, 9.17) is 10.3 Å². The van der Waals surface area contributed by atoms with Gasteiger partial charge in [-0.15, -0.1) is 0 Å². The number of carbonyl (C=O) groups excluding carboxylic acids is 3. The molecule has 11 nitrogen and oxygen atoms in total. The first-order valence-corrected chi connectivity index (χ1v) is 13.9. The fourth-order valence-corrected chi connectivity index (χ4v) is 6.49. The number of nitrogens with one attached hydrogen (secondary N) is 1. The van der Waals surface area contributed by atoms with E-state index in [1.54, 1.807) is 0 Å². The predicted molar refractivity (Wildman–Crippen MR) is 142 cm³/mol. The third kappa shape index (κ3) is 5.10. The van der Waals surface area contributed by atoms with Crippen LogP contribution in [-0.2, 0) is 14.3 Å². The summed E-state index contributed by atoms with van der Waals surface area (Å²) in [5, 5.41) is 6.87. The molecule has 1 saturated carbocycles. The molecule has 3 heterocycles. The van der Waals surface area contributed by atoms with Gasteiger partial charge in [0.05, 0.1) is 12.1 Å². The van der Waals surface area contributed by atoms with Gasteiger partial charge in [0.2, 0.25) is 5.91 Å². The van der Waals surface area contributed by atoms with Crippen LogP contribution in [0, 0.1) is 0 Å². The van der Waals surface area contributed by atoms with Crippen LogP contribution < -0.4 is 10.2 Å². The van der Waals surface area contributed by atoms with Crippen molar-refractivity contribution in [3.63, 3.8) is 0 Å². The van der Waals surface area contributed by atoms with E-state index in [1.165, 1.54) is 4.90 Å². The van der Waals surface area contributed by atoms with E-state index in [0.29, 0.717) is 18.4 Å². The highest BCUT2D eigenvalue weighted by Crippen LogP contribution is 2.36. The molecule has 3 saturated heterocycles. The monoisotopic (exact) mass is 523 g/mol. The average molecular weight is 524 g/mol. The zero-order valence-corrected chi connectivity index (χ0v) is 22.1. The second kappa shape index (κ2) is 11.3. The van der Waals surface area contributed by atoms with E-state index in [-0.39, 0.29) is 30.7 Å². The molecule has 3 atom stereocenters. The summed E-state index contributed by atoms with van der Waals surface area (Å²) in [5.74, 6) is -0.769. The molecule has 4 aliphatic rings. The topological polar surface area (TPSA) is 131 Å². The van der Waals surface area contributed by atoms with Crippen molar-refractivity contribution >= 4 is 23.3 Å². The first-order valence-electron chi connectivity index (χ1n) is 13.9. The van der Waals surface area contributed by atoms with Crippen LogP contribution in [0.2, 0.25) is 0 Å². The molecule has 0 aromatic heterocycles. The highest BCUT2D eigenvalue weighted by molar-refractivity contribution is 6.01. The first kappa shape index (κ1) is 26.5. The summed E-state index contributed by atoms with van der Waals surface area (Å²) in [7, 11) is 0. The third-order valence-electron chi connectivity index (χ3n) is 8.49. The van der Waals surface area contributed by atoms with Gasteiger partial charge in [-0.1, -0.05) is 31.3 Å². The molecule has 1 N–H and O–H groups in total. The Labute approximate surface area is 223 Å². The van der Waals surface area contributed by atoms with E-state index in [1.807, 2.05) is 24.3 Å². The number of likely N-dealkylation sites (tertiary alicyclic amines) is 1. The maximum atomic E-state index is 14.0. The molecule has 4 fully saturated rings. The molecular weight excluding hydrogens is 486 g/mol. The van der Waals surface area contributed by atoms with Crippen LogP contribution >= 0.6 is 0 Å². The number of anilines is 1. The van der Waals surface area contributed by atoms with Crippen molar-refractivity contribution < 1.29 is 19.1 Å². The fourth-order valence-electron chi connectivity index (χ4n) is 6.49. The number of rotatable bonds is 7. The van der Waals surface area contributed by atoms with Crippen molar-refractivity contribution in [1.82, 2.24) is 15.1 Å². The molecule has 38 heavy (non-hydrogen) atoms. The van der Waals surface area contributed by atoms with Gasteiger partial charge in [0, 0.05) is 48.9 Å². The minimum Gasteiger partial charge on any atom is -0.369 e. The Hall–Kier alpha value is -3.14. The van der Waals surface area contributed by atoms with E-state index in [9.17, 15) is 14.4 Å². The molecule has 5 rings (SSSR count). The lowest BCUT2D eigenvalue weighted by atomic mass is 9.80. The fraction of sp³-hybridized carbons (Fsp3) is 0.667. The van der Waals surface area contributed by atoms with Crippen molar-refractivity contribution in [3.8, 4) is 0 Å². The van der Waals surface area contributed by atoms with Crippen LogP contribution in [-0.4, -0.2) is 97.0 Å². The van der Waals surface area contributed by atoms with E-state index in [0.717, 1.165) is 64.1 Å². The zero-order valence-electron chi connectivity index (χ0n) is 22.1. The van der Waals surface area contributed by atoms with Gasteiger partial charge in [-0.3, -0.25) is 19.3 Å². The van der Waals surface area contributed by atoms with Gasteiger partial charge in [0.15, 0.2) is 5.78 Å². The quantitative estimate of drug-likeness (QED) is 0.332. The molecule has 0 bridgehead atoms. The number of ketones is 1. The highest BCUT2D eigenvalue weighted by Gasteiger charge is 2.56. The van der Waals surface area contributed by atoms with Crippen LogP contribution in [0.4, 0.5) is 5.69 Å². The van der Waals surface area contributed by atoms with Gasteiger partial charge in [-0.2, -0.15) is 0 Å². The van der Waals surface area contributed by atoms with Crippen molar-refractivity contribution in [2.75, 3.05) is 50.8 Å². The number of carbonyl (C=O) groups is 3. The highest BCUT2D eigenvalue weighted by atomic mass is 16.5. The van der Waals surface area contributed by atoms with E-state index >= 15 is 0 Å². The minimum absolute atomic E-state index is 0.101. The second-order valence-electron chi connectivity index (χ2n) is 10.9. The number of hydrogen-bond acceptors (Lipinski definition) is 7. The molecule has 0 unspecified atom stereocenters. The Bertz CT molecular complexity index is 1090. The second-order valence-corrected chi connectivity index (χ2v) is 10.9. The maximum absolute atomic E-state index is 14.0. The lowest BCUT2D eigenvalue weighted by molar-refractivity contribution is -0.143. The minimum atomic E-state index is -1.09. The zero-order chi connectivity index (χ0) is 26.7. The number of nitrogens with zero attached hydrogens (tertiary/aromatic N) is 6. The Morgan fingerprint density at radius 3 is 2.50 bits per heavy atom. The molecule has 1 aromatic rings. The molecule has 0 radical (unpaired) electrons. The smallest absolute Gasteiger partial charge is 0.252 e. The Morgan fingerprint density at radius 1 is 1.13 bits per heavy atom. The maximum Gasteiger partial charge on any atom is 0.252 e. The third-order valence-corrected chi connectivity index (χ3v) is 8.49. The van der Waals surface area contributed by atoms with Gasteiger partial charge in [0.1, 0.15) is 18.2 Å². The molecule has 2 amide bonds. The summed E-state index contributed by atoms with van der Waals surface area (Å²) < 4.78 is 5.58. The summed E-state index contributed by atoms with van der Waals surface area (Å²) in [6.45, 7) is 7.32.